The minimum Gasteiger partial charge on any atom is -0.302 e. The van der Waals surface area contributed by atoms with Gasteiger partial charge < -0.3 is 5.32 Å². The number of carbonyl (C=O) groups excluding carboxylic acids is 1. The first-order chi connectivity index (χ1) is 7.86. The van der Waals surface area contributed by atoms with Crippen molar-refractivity contribution in [1.29, 1.82) is 0 Å². The minimum atomic E-state index is 0.0913. The molecule has 16 heavy (non-hydrogen) atoms. The molecule has 1 aliphatic heterocycles. The maximum atomic E-state index is 11.8. The second-order valence-electron chi connectivity index (χ2n) is 4.19. The summed E-state index contributed by atoms with van der Waals surface area (Å²) >= 11 is 0. The third-order valence-corrected chi connectivity index (χ3v) is 3.21. The van der Waals surface area contributed by atoms with Crippen molar-refractivity contribution in [3.8, 4) is 0 Å². The third kappa shape index (κ3) is 1.42. The van der Waals surface area contributed by atoms with E-state index in [1.807, 2.05) is 30.4 Å². The number of carbonyl (C=O) groups is 1. The molecule has 0 amide bonds. The number of allylic oxidation sites excluding steroid dienone is 3. The summed E-state index contributed by atoms with van der Waals surface area (Å²) in [5, 5.41) is 3.40. The van der Waals surface area contributed by atoms with E-state index in [9.17, 15) is 4.79 Å². The smallest absolute Gasteiger partial charge is 0.164 e. The molecule has 1 N–H and O–H groups in total. The van der Waals surface area contributed by atoms with Gasteiger partial charge in [-0.05, 0) is 11.1 Å². The number of rotatable bonds is 1. The lowest BCUT2D eigenvalue weighted by Crippen LogP contribution is -2.20. The zero-order valence-corrected chi connectivity index (χ0v) is 8.94. The Bertz CT molecular complexity index is 499. The highest BCUT2D eigenvalue weighted by Crippen LogP contribution is 2.32. The Kier molecular flexibility index (Phi) is 2.22. The molecule has 1 aromatic rings. The van der Waals surface area contributed by atoms with Crippen LogP contribution in [0.15, 0.2) is 48.1 Å². The summed E-state index contributed by atoms with van der Waals surface area (Å²) in [5.74, 6) is 0.233. The van der Waals surface area contributed by atoms with Crippen molar-refractivity contribution < 1.29 is 4.79 Å². The van der Waals surface area contributed by atoms with E-state index in [1.54, 1.807) is 0 Å². The minimum absolute atomic E-state index is 0.0913. The first kappa shape index (κ1) is 9.55. The quantitative estimate of drug-likeness (QED) is 0.772. The standard InChI is InChI=1S/C14H13NO/c16-13-8-4-3-7-12(13)14-11-6-2-1-5-10(11)9-15-14/h1-7,14-15H,8-9H2. The Hall–Kier alpha value is -1.67. The first-order valence-electron chi connectivity index (χ1n) is 5.57. The fraction of sp³-hybridized carbons (Fsp3) is 0.214. The van der Waals surface area contributed by atoms with E-state index < -0.39 is 0 Å². The van der Waals surface area contributed by atoms with Crippen LogP contribution < -0.4 is 5.32 Å². The van der Waals surface area contributed by atoms with Gasteiger partial charge in [0, 0.05) is 18.5 Å². The van der Waals surface area contributed by atoms with Crippen LogP contribution in [0.2, 0.25) is 0 Å². The second-order valence-corrected chi connectivity index (χ2v) is 4.19. The Morgan fingerprint density at radius 1 is 1.25 bits per heavy atom. The highest BCUT2D eigenvalue weighted by atomic mass is 16.1. The molecule has 2 heteroatoms. The topological polar surface area (TPSA) is 29.1 Å². The largest absolute Gasteiger partial charge is 0.302 e. The van der Waals surface area contributed by atoms with Gasteiger partial charge in [0.15, 0.2) is 5.78 Å². The van der Waals surface area contributed by atoms with Gasteiger partial charge in [0.1, 0.15) is 0 Å². The van der Waals surface area contributed by atoms with Crippen LogP contribution in [-0.4, -0.2) is 5.78 Å². The van der Waals surface area contributed by atoms with Crippen molar-refractivity contribution in [3.05, 3.63) is 59.2 Å². The molecule has 0 fully saturated rings. The van der Waals surface area contributed by atoms with Gasteiger partial charge in [-0.1, -0.05) is 42.5 Å². The van der Waals surface area contributed by atoms with Crippen molar-refractivity contribution >= 4 is 5.78 Å². The van der Waals surface area contributed by atoms with E-state index >= 15 is 0 Å². The van der Waals surface area contributed by atoms with E-state index in [1.165, 1.54) is 11.1 Å². The van der Waals surface area contributed by atoms with Crippen molar-refractivity contribution in [3.63, 3.8) is 0 Å². The molecule has 0 spiro atoms. The fourth-order valence-electron chi connectivity index (χ4n) is 2.39. The number of benzene rings is 1. The summed E-state index contributed by atoms with van der Waals surface area (Å²) in [6.07, 6.45) is 6.35. The van der Waals surface area contributed by atoms with Crippen LogP contribution >= 0.6 is 0 Å². The average molecular weight is 211 g/mol. The lowest BCUT2D eigenvalue weighted by molar-refractivity contribution is -0.115. The normalized spacial score (nSPS) is 23.1. The van der Waals surface area contributed by atoms with Crippen LogP contribution in [0.3, 0.4) is 0 Å². The molecule has 1 heterocycles. The molecule has 1 aliphatic carbocycles. The number of Topliss-reactive ketones (excluding diaryl/α,β-unsaturated/α-hetero) is 1. The number of nitrogens with one attached hydrogen (secondary N) is 1. The van der Waals surface area contributed by atoms with E-state index in [-0.39, 0.29) is 11.8 Å². The van der Waals surface area contributed by atoms with Crippen molar-refractivity contribution in [1.82, 2.24) is 5.32 Å². The molecule has 80 valence electrons. The summed E-state index contributed by atoms with van der Waals surface area (Å²) in [5.41, 5.74) is 3.45. The molecule has 1 atom stereocenters. The molecular weight excluding hydrogens is 198 g/mol. The van der Waals surface area contributed by atoms with Gasteiger partial charge >= 0.3 is 0 Å². The molecule has 0 radical (unpaired) electrons. The highest BCUT2D eigenvalue weighted by molar-refractivity contribution is 5.99. The van der Waals surface area contributed by atoms with Gasteiger partial charge in [-0.3, -0.25) is 4.79 Å². The average Bonchev–Trinajstić information content (AvgIpc) is 2.74. The maximum Gasteiger partial charge on any atom is 0.164 e. The number of hydrogen-bond acceptors (Lipinski definition) is 2. The van der Waals surface area contributed by atoms with E-state index in [0.717, 1.165) is 12.1 Å². The first-order valence-corrected chi connectivity index (χ1v) is 5.57. The lowest BCUT2D eigenvalue weighted by Gasteiger charge is -2.16. The Morgan fingerprint density at radius 2 is 2.12 bits per heavy atom. The van der Waals surface area contributed by atoms with Crippen molar-refractivity contribution in [2.75, 3.05) is 0 Å². The monoisotopic (exact) mass is 211 g/mol. The fourth-order valence-corrected chi connectivity index (χ4v) is 2.39. The third-order valence-electron chi connectivity index (χ3n) is 3.21. The molecular formula is C14H13NO. The van der Waals surface area contributed by atoms with Crippen molar-refractivity contribution in [2.24, 2.45) is 0 Å². The summed E-state index contributed by atoms with van der Waals surface area (Å²) in [6, 6.07) is 8.38. The molecule has 2 aliphatic rings. The zero-order chi connectivity index (χ0) is 11.0. The molecule has 0 bridgehead atoms. The Labute approximate surface area is 94.7 Å². The molecule has 0 aromatic heterocycles. The predicted octanol–water partition coefficient (Wildman–Crippen LogP) is 2.29. The molecule has 1 unspecified atom stereocenters. The van der Waals surface area contributed by atoms with Crippen LogP contribution in [0.25, 0.3) is 0 Å². The van der Waals surface area contributed by atoms with Crippen LogP contribution in [0.4, 0.5) is 0 Å². The molecule has 3 rings (SSSR count). The lowest BCUT2D eigenvalue weighted by atomic mass is 9.92. The zero-order valence-electron chi connectivity index (χ0n) is 8.94. The van der Waals surface area contributed by atoms with Crippen LogP contribution in [0.1, 0.15) is 23.6 Å². The molecule has 1 aromatic carbocycles. The Balaban J connectivity index is 2.01. The highest BCUT2D eigenvalue weighted by Gasteiger charge is 2.28. The SMILES string of the molecule is O=C1CC=CC=C1C1NCc2ccccc21. The Morgan fingerprint density at radius 3 is 3.00 bits per heavy atom. The maximum absolute atomic E-state index is 11.8. The van der Waals surface area contributed by atoms with Gasteiger partial charge in [-0.2, -0.15) is 0 Å². The second kappa shape index (κ2) is 3.72. The predicted molar refractivity (Wildman–Crippen MR) is 62.9 cm³/mol. The van der Waals surface area contributed by atoms with Crippen LogP contribution in [0.5, 0.6) is 0 Å². The van der Waals surface area contributed by atoms with Gasteiger partial charge in [-0.15, -0.1) is 0 Å². The molecule has 0 saturated carbocycles. The summed E-state index contributed by atoms with van der Waals surface area (Å²) in [7, 11) is 0. The summed E-state index contributed by atoms with van der Waals surface area (Å²) in [6.45, 7) is 0.856. The van der Waals surface area contributed by atoms with Crippen molar-refractivity contribution in [2.45, 2.75) is 19.0 Å². The van der Waals surface area contributed by atoms with Gasteiger partial charge in [0.05, 0.1) is 6.04 Å². The van der Waals surface area contributed by atoms with Gasteiger partial charge in [-0.25, -0.2) is 0 Å². The van der Waals surface area contributed by atoms with Crippen LogP contribution in [0, 0.1) is 0 Å². The van der Waals surface area contributed by atoms with E-state index in [4.69, 9.17) is 0 Å². The number of fused-ring (bicyclic) bond motifs is 1. The van der Waals surface area contributed by atoms with Gasteiger partial charge in [0.25, 0.3) is 0 Å². The van der Waals surface area contributed by atoms with Crippen LogP contribution in [-0.2, 0) is 11.3 Å². The molecule has 2 nitrogen and oxygen atoms in total. The van der Waals surface area contributed by atoms with Gasteiger partial charge in [0.2, 0.25) is 0 Å². The van der Waals surface area contributed by atoms with E-state index in [2.05, 4.69) is 17.4 Å². The number of hydrogen-bond donors (Lipinski definition) is 1. The summed E-state index contributed by atoms with van der Waals surface area (Å²) < 4.78 is 0. The van der Waals surface area contributed by atoms with E-state index in [0.29, 0.717) is 6.42 Å². The number of ketones is 1. The summed E-state index contributed by atoms with van der Waals surface area (Å²) in [4.78, 5) is 11.8. The molecule has 0 saturated heterocycles.